The second kappa shape index (κ2) is 8.15. The van der Waals surface area contributed by atoms with E-state index in [1.54, 1.807) is 7.11 Å². The summed E-state index contributed by atoms with van der Waals surface area (Å²) in [5.74, 6) is 1.06. The molecule has 2 aliphatic rings. The number of carbonyl (C=O) groups excluding carboxylic acids is 2. The van der Waals surface area contributed by atoms with Crippen molar-refractivity contribution in [2.24, 2.45) is 0 Å². The standard InChI is InChI=1S/C23H26N2O3/c1-28-19-9-7-18(8-10-19)20-11-13-24(16-22(20)26)21-12-14-25(23(21)27)15-17-5-3-2-4-6-17/h2-10,20-21H,11-16H2,1H3. The number of likely N-dealkylation sites (tertiary alicyclic amines) is 2. The number of Topliss-reactive ketones (excluding diaryl/α,β-unsaturated/α-hetero) is 1. The highest BCUT2D eigenvalue weighted by Crippen LogP contribution is 2.30. The zero-order valence-corrected chi connectivity index (χ0v) is 16.2. The molecule has 0 bridgehead atoms. The summed E-state index contributed by atoms with van der Waals surface area (Å²) in [7, 11) is 1.64. The Morgan fingerprint density at radius 3 is 2.39 bits per heavy atom. The molecule has 0 radical (unpaired) electrons. The summed E-state index contributed by atoms with van der Waals surface area (Å²) in [5, 5.41) is 0. The van der Waals surface area contributed by atoms with Gasteiger partial charge in [0.15, 0.2) is 5.78 Å². The SMILES string of the molecule is COc1ccc(C2CCN(C3CCN(Cc4ccccc4)C3=O)CC2=O)cc1. The summed E-state index contributed by atoms with van der Waals surface area (Å²) < 4.78 is 5.20. The monoisotopic (exact) mass is 378 g/mol. The van der Waals surface area contributed by atoms with Gasteiger partial charge >= 0.3 is 0 Å². The first-order valence-corrected chi connectivity index (χ1v) is 9.89. The Hall–Kier alpha value is -2.66. The molecule has 146 valence electrons. The molecule has 2 heterocycles. The van der Waals surface area contributed by atoms with Crippen LogP contribution in [-0.4, -0.2) is 54.3 Å². The van der Waals surface area contributed by atoms with E-state index in [1.807, 2.05) is 59.5 Å². The number of rotatable bonds is 5. The van der Waals surface area contributed by atoms with Crippen molar-refractivity contribution in [3.05, 3.63) is 65.7 Å². The van der Waals surface area contributed by atoms with Gasteiger partial charge < -0.3 is 9.64 Å². The van der Waals surface area contributed by atoms with Crippen molar-refractivity contribution >= 4 is 11.7 Å². The minimum Gasteiger partial charge on any atom is -0.497 e. The molecule has 0 N–H and O–H groups in total. The van der Waals surface area contributed by atoms with Crippen molar-refractivity contribution in [2.75, 3.05) is 26.7 Å². The predicted molar refractivity (Wildman–Crippen MR) is 107 cm³/mol. The number of nitrogens with zero attached hydrogens (tertiary/aromatic N) is 2. The number of hydrogen-bond acceptors (Lipinski definition) is 4. The van der Waals surface area contributed by atoms with Gasteiger partial charge in [0.1, 0.15) is 5.75 Å². The smallest absolute Gasteiger partial charge is 0.240 e. The van der Waals surface area contributed by atoms with Gasteiger partial charge in [-0.2, -0.15) is 0 Å². The summed E-state index contributed by atoms with van der Waals surface area (Å²) >= 11 is 0. The van der Waals surface area contributed by atoms with E-state index in [1.165, 1.54) is 0 Å². The lowest BCUT2D eigenvalue weighted by molar-refractivity contribution is -0.134. The van der Waals surface area contributed by atoms with E-state index in [2.05, 4.69) is 4.90 Å². The van der Waals surface area contributed by atoms with Gasteiger partial charge in [-0.3, -0.25) is 14.5 Å². The summed E-state index contributed by atoms with van der Waals surface area (Å²) in [6, 6.07) is 17.6. The van der Waals surface area contributed by atoms with Crippen LogP contribution in [0.25, 0.3) is 0 Å². The molecular weight excluding hydrogens is 352 g/mol. The van der Waals surface area contributed by atoms with E-state index in [9.17, 15) is 9.59 Å². The maximum Gasteiger partial charge on any atom is 0.240 e. The molecule has 5 nitrogen and oxygen atoms in total. The fourth-order valence-electron chi connectivity index (χ4n) is 4.32. The predicted octanol–water partition coefficient (Wildman–Crippen LogP) is 2.85. The van der Waals surface area contributed by atoms with Crippen LogP contribution >= 0.6 is 0 Å². The average molecular weight is 378 g/mol. The van der Waals surface area contributed by atoms with Crippen molar-refractivity contribution in [3.63, 3.8) is 0 Å². The highest BCUT2D eigenvalue weighted by Gasteiger charge is 2.39. The molecule has 0 saturated carbocycles. The zero-order chi connectivity index (χ0) is 19.5. The molecule has 2 atom stereocenters. The van der Waals surface area contributed by atoms with E-state index >= 15 is 0 Å². The van der Waals surface area contributed by atoms with Gasteiger partial charge in [-0.15, -0.1) is 0 Å². The van der Waals surface area contributed by atoms with Gasteiger partial charge in [0.25, 0.3) is 0 Å². The largest absolute Gasteiger partial charge is 0.497 e. The van der Waals surface area contributed by atoms with Crippen LogP contribution in [0.5, 0.6) is 5.75 Å². The Morgan fingerprint density at radius 1 is 0.964 bits per heavy atom. The number of benzene rings is 2. The fourth-order valence-corrected chi connectivity index (χ4v) is 4.32. The normalized spacial score (nSPS) is 23.2. The number of ketones is 1. The lowest BCUT2D eigenvalue weighted by Gasteiger charge is -2.34. The number of amides is 1. The molecule has 2 aromatic rings. The molecular formula is C23H26N2O3. The minimum absolute atomic E-state index is 0.0842. The number of carbonyl (C=O) groups is 2. The van der Waals surface area contributed by atoms with Crippen molar-refractivity contribution in [1.82, 2.24) is 9.80 Å². The van der Waals surface area contributed by atoms with Crippen molar-refractivity contribution < 1.29 is 14.3 Å². The molecule has 5 heteroatoms. The maximum absolute atomic E-state index is 12.9. The van der Waals surface area contributed by atoms with E-state index in [4.69, 9.17) is 4.74 Å². The Bertz CT molecular complexity index is 835. The maximum atomic E-state index is 12.9. The van der Waals surface area contributed by atoms with Gasteiger partial charge in [0.05, 0.1) is 19.7 Å². The lowest BCUT2D eigenvalue weighted by Crippen LogP contribution is -2.48. The first-order valence-electron chi connectivity index (χ1n) is 9.89. The van der Waals surface area contributed by atoms with Crippen LogP contribution in [0.15, 0.2) is 54.6 Å². The van der Waals surface area contributed by atoms with Crippen LogP contribution in [0.4, 0.5) is 0 Å². The van der Waals surface area contributed by atoms with Crippen LogP contribution in [0, 0.1) is 0 Å². The second-order valence-corrected chi connectivity index (χ2v) is 7.60. The summed E-state index contributed by atoms with van der Waals surface area (Å²) in [6.45, 7) is 2.53. The van der Waals surface area contributed by atoms with Crippen molar-refractivity contribution in [3.8, 4) is 5.75 Å². The topological polar surface area (TPSA) is 49.9 Å². The van der Waals surface area contributed by atoms with Crippen LogP contribution in [0.2, 0.25) is 0 Å². The van der Waals surface area contributed by atoms with Crippen molar-refractivity contribution in [1.29, 1.82) is 0 Å². The first kappa shape index (κ1) is 18.7. The minimum atomic E-state index is -0.163. The average Bonchev–Trinajstić information content (AvgIpc) is 3.09. The van der Waals surface area contributed by atoms with E-state index in [0.29, 0.717) is 13.1 Å². The summed E-state index contributed by atoms with van der Waals surface area (Å²) in [5.41, 5.74) is 2.18. The second-order valence-electron chi connectivity index (χ2n) is 7.60. The molecule has 2 saturated heterocycles. The molecule has 0 aliphatic carbocycles. The fraction of sp³-hybridized carbons (Fsp3) is 0.391. The molecule has 1 amide bonds. The van der Waals surface area contributed by atoms with E-state index in [0.717, 1.165) is 42.8 Å². The summed E-state index contributed by atoms with van der Waals surface area (Å²) in [4.78, 5) is 29.7. The van der Waals surface area contributed by atoms with Gasteiger partial charge in [0, 0.05) is 25.6 Å². The van der Waals surface area contributed by atoms with Crippen LogP contribution < -0.4 is 4.74 Å². The van der Waals surface area contributed by atoms with Gasteiger partial charge in [-0.25, -0.2) is 0 Å². The number of ether oxygens (including phenoxy) is 1. The molecule has 4 rings (SSSR count). The zero-order valence-electron chi connectivity index (χ0n) is 16.2. The number of hydrogen-bond donors (Lipinski definition) is 0. The third-order valence-corrected chi connectivity index (χ3v) is 5.90. The van der Waals surface area contributed by atoms with Crippen molar-refractivity contribution in [2.45, 2.75) is 31.3 Å². The van der Waals surface area contributed by atoms with E-state index in [-0.39, 0.29) is 23.7 Å². The molecule has 0 spiro atoms. The van der Waals surface area contributed by atoms with Crippen LogP contribution in [0.3, 0.4) is 0 Å². The van der Waals surface area contributed by atoms with Crippen LogP contribution in [0.1, 0.15) is 29.9 Å². The summed E-state index contributed by atoms with van der Waals surface area (Å²) in [6.07, 6.45) is 1.56. The number of methoxy groups -OCH3 is 1. The molecule has 2 aromatic carbocycles. The van der Waals surface area contributed by atoms with Crippen LogP contribution in [-0.2, 0) is 16.1 Å². The third-order valence-electron chi connectivity index (χ3n) is 5.90. The van der Waals surface area contributed by atoms with Gasteiger partial charge in [0.2, 0.25) is 5.91 Å². The molecule has 0 aromatic heterocycles. The molecule has 2 unspecified atom stereocenters. The Balaban J connectivity index is 1.37. The van der Waals surface area contributed by atoms with Gasteiger partial charge in [-0.1, -0.05) is 42.5 Å². The molecule has 2 aliphatic heterocycles. The highest BCUT2D eigenvalue weighted by atomic mass is 16.5. The quantitative estimate of drug-likeness (QED) is 0.803. The first-order chi connectivity index (χ1) is 13.7. The van der Waals surface area contributed by atoms with Gasteiger partial charge in [-0.05, 0) is 36.1 Å². The number of piperidine rings is 1. The Morgan fingerprint density at radius 2 is 1.71 bits per heavy atom. The van der Waals surface area contributed by atoms with E-state index < -0.39 is 0 Å². The lowest BCUT2D eigenvalue weighted by atomic mass is 9.87. The highest BCUT2D eigenvalue weighted by molar-refractivity contribution is 5.90. The Labute approximate surface area is 165 Å². The molecule has 2 fully saturated rings. The third kappa shape index (κ3) is 3.80. The Kier molecular flexibility index (Phi) is 5.44. The molecule has 28 heavy (non-hydrogen) atoms.